The van der Waals surface area contributed by atoms with Crippen LogP contribution in [0, 0.1) is 5.92 Å². The largest absolute Gasteiger partial charge is 0.355 e. The minimum absolute atomic E-state index is 0. The zero-order valence-corrected chi connectivity index (χ0v) is 13.3. The Kier molecular flexibility index (Phi) is 6.95. The first-order chi connectivity index (χ1) is 9.61. The number of carbonyl (C=O) groups is 2. The number of halogens is 2. The molecule has 0 spiro atoms. The lowest BCUT2D eigenvalue weighted by Crippen LogP contribution is -2.37. The van der Waals surface area contributed by atoms with E-state index in [0.29, 0.717) is 22.8 Å². The summed E-state index contributed by atoms with van der Waals surface area (Å²) in [5.41, 5.74) is 1.00. The Balaban J connectivity index is 0.00000220. The van der Waals surface area contributed by atoms with E-state index in [2.05, 4.69) is 16.0 Å². The summed E-state index contributed by atoms with van der Waals surface area (Å²) in [6, 6.07) is 4.89. The number of hydrogen-bond donors (Lipinski definition) is 3. The molecule has 1 aromatic carbocycles. The van der Waals surface area contributed by atoms with E-state index < -0.39 is 0 Å². The molecule has 0 aromatic heterocycles. The van der Waals surface area contributed by atoms with Crippen molar-refractivity contribution in [3.05, 3.63) is 28.8 Å². The molecular weight excluding hydrogens is 313 g/mol. The summed E-state index contributed by atoms with van der Waals surface area (Å²) in [4.78, 5) is 23.6. The van der Waals surface area contributed by atoms with Gasteiger partial charge in [-0.25, -0.2) is 0 Å². The van der Waals surface area contributed by atoms with Crippen LogP contribution in [0.25, 0.3) is 0 Å². The van der Waals surface area contributed by atoms with E-state index in [-0.39, 0.29) is 30.1 Å². The summed E-state index contributed by atoms with van der Waals surface area (Å²) < 4.78 is 0. The SMILES string of the molecule is CNC(=O)c1ccc(NC(=O)C2CCCNC2)cc1Cl.Cl. The number of nitrogens with one attached hydrogen (secondary N) is 3. The summed E-state index contributed by atoms with van der Waals surface area (Å²) in [6.45, 7) is 1.67. The van der Waals surface area contributed by atoms with Crippen LogP contribution in [0.15, 0.2) is 18.2 Å². The van der Waals surface area contributed by atoms with Gasteiger partial charge < -0.3 is 16.0 Å². The first kappa shape index (κ1) is 17.8. The maximum atomic E-state index is 12.1. The zero-order valence-electron chi connectivity index (χ0n) is 11.7. The number of anilines is 1. The van der Waals surface area contributed by atoms with E-state index in [1.54, 1.807) is 25.2 Å². The van der Waals surface area contributed by atoms with Crippen molar-refractivity contribution in [1.82, 2.24) is 10.6 Å². The van der Waals surface area contributed by atoms with E-state index >= 15 is 0 Å². The first-order valence-electron chi connectivity index (χ1n) is 6.65. The van der Waals surface area contributed by atoms with Gasteiger partial charge >= 0.3 is 0 Å². The second-order valence-corrected chi connectivity index (χ2v) is 5.21. The maximum absolute atomic E-state index is 12.1. The van der Waals surface area contributed by atoms with Crippen molar-refractivity contribution in [2.45, 2.75) is 12.8 Å². The van der Waals surface area contributed by atoms with Gasteiger partial charge in [-0.15, -0.1) is 12.4 Å². The highest BCUT2D eigenvalue weighted by molar-refractivity contribution is 6.34. The molecule has 1 heterocycles. The minimum Gasteiger partial charge on any atom is -0.355 e. The van der Waals surface area contributed by atoms with Gasteiger partial charge in [0.25, 0.3) is 5.91 Å². The fourth-order valence-corrected chi connectivity index (χ4v) is 2.50. The Morgan fingerprint density at radius 2 is 2.14 bits per heavy atom. The third kappa shape index (κ3) is 4.59. The average molecular weight is 332 g/mol. The molecule has 1 aliphatic heterocycles. The molecule has 5 nitrogen and oxygen atoms in total. The summed E-state index contributed by atoms with van der Waals surface area (Å²) >= 11 is 6.05. The Morgan fingerprint density at radius 3 is 2.71 bits per heavy atom. The Labute approximate surface area is 135 Å². The van der Waals surface area contributed by atoms with Crippen molar-refractivity contribution in [3.8, 4) is 0 Å². The first-order valence-corrected chi connectivity index (χ1v) is 7.03. The molecule has 7 heteroatoms. The molecule has 0 saturated carbocycles. The van der Waals surface area contributed by atoms with Crippen LogP contribution in [-0.4, -0.2) is 32.0 Å². The third-order valence-corrected chi connectivity index (χ3v) is 3.69. The predicted octanol–water partition coefficient (Wildman–Crippen LogP) is 2.06. The van der Waals surface area contributed by atoms with Gasteiger partial charge in [-0.2, -0.15) is 0 Å². The highest BCUT2D eigenvalue weighted by Gasteiger charge is 2.21. The molecule has 1 atom stereocenters. The Morgan fingerprint density at radius 1 is 1.38 bits per heavy atom. The molecule has 1 saturated heterocycles. The van der Waals surface area contributed by atoms with Crippen LogP contribution in [0.2, 0.25) is 5.02 Å². The number of hydrogen-bond acceptors (Lipinski definition) is 3. The smallest absolute Gasteiger partial charge is 0.252 e. The molecule has 0 bridgehead atoms. The molecule has 1 aliphatic rings. The van der Waals surface area contributed by atoms with Crippen molar-refractivity contribution in [2.24, 2.45) is 5.92 Å². The second-order valence-electron chi connectivity index (χ2n) is 4.81. The lowest BCUT2D eigenvalue weighted by atomic mass is 9.99. The topological polar surface area (TPSA) is 70.2 Å². The number of piperidine rings is 1. The molecule has 21 heavy (non-hydrogen) atoms. The maximum Gasteiger partial charge on any atom is 0.252 e. The predicted molar refractivity (Wildman–Crippen MR) is 86.3 cm³/mol. The van der Waals surface area contributed by atoms with Crippen LogP contribution < -0.4 is 16.0 Å². The fraction of sp³-hybridized carbons (Fsp3) is 0.429. The van der Waals surface area contributed by atoms with Gasteiger partial charge in [-0.1, -0.05) is 11.6 Å². The lowest BCUT2D eigenvalue weighted by molar-refractivity contribution is -0.120. The minimum atomic E-state index is -0.246. The van der Waals surface area contributed by atoms with E-state index in [9.17, 15) is 9.59 Å². The quantitative estimate of drug-likeness (QED) is 0.794. The molecular formula is C14H19Cl2N3O2. The van der Waals surface area contributed by atoms with Gasteiger partial charge in [0.2, 0.25) is 5.91 Å². The number of amides is 2. The highest BCUT2D eigenvalue weighted by Crippen LogP contribution is 2.22. The number of benzene rings is 1. The summed E-state index contributed by atoms with van der Waals surface area (Å²) in [6.07, 6.45) is 1.90. The summed E-state index contributed by atoms with van der Waals surface area (Å²) in [7, 11) is 1.55. The molecule has 1 fully saturated rings. The molecule has 0 radical (unpaired) electrons. The van der Waals surface area contributed by atoms with Crippen molar-refractivity contribution in [2.75, 3.05) is 25.5 Å². The van der Waals surface area contributed by atoms with Crippen LogP contribution in [0.4, 0.5) is 5.69 Å². The van der Waals surface area contributed by atoms with Crippen molar-refractivity contribution in [3.63, 3.8) is 0 Å². The molecule has 2 rings (SSSR count). The van der Waals surface area contributed by atoms with Gasteiger partial charge in [0.1, 0.15) is 0 Å². The van der Waals surface area contributed by atoms with E-state index in [1.165, 1.54) is 0 Å². The van der Waals surface area contributed by atoms with Crippen molar-refractivity contribution in [1.29, 1.82) is 0 Å². The molecule has 2 amide bonds. The normalized spacial score (nSPS) is 17.5. The van der Waals surface area contributed by atoms with E-state index in [0.717, 1.165) is 19.4 Å². The van der Waals surface area contributed by atoms with Crippen LogP contribution in [0.3, 0.4) is 0 Å². The van der Waals surface area contributed by atoms with Gasteiger partial charge in [0.15, 0.2) is 0 Å². The second kappa shape index (κ2) is 8.22. The van der Waals surface area contributed by atoms with E-state index in [4.69, 9.17) is 11.6 Å². The van der Waals surface area contributed by atoms with Crippen LogP contribution in [-0.2, 0) is 4.79 Å². The van der Waals surface area contributed by atoms with Gasteiger partial charge in [0.05, 0.1) is 16.5 Å². The highest BCUT2D eigenvalue weighted by atomic mass is 35.5. The molecule has 1 unspecified atom stereocenters. The van der Waals surface area contributed by atoms with Gasteiger partial charge in [-0.3, -0.25) is 9.59 Å². The van der Waals surface area contributed by atoms with Crippen LogP contribution in [0.5, 0.6) is 0 Å². The molecule has 0 aliphatic carbocycles. The Bertz CT molecular complexity index is 517. The number of carbonyl (C=O) groups excluding carboxylic acids is 2. The lowest BCUT2D eigenvalue weighted by Gasteiger charge is -2.22. The third-order valence-electron chi connectivity index (χ3n) is 3.38. The van der Waals surface area contributed by atoms with Crippen LogP contribution in [0.1, 0.15) is 23.2 Å². The van der Waals surface area contributed by atoms with Gasteiger partial charge in [-0.05, 0) is 37.6 Å². The zero-order chi connectivity index (χ0) is 14.5. The number of rotatable bonds is 3. The molecule has 1 aromatic rings. The van der Waals surface area contributed by atoms with Crippen molar-refractivity contribution < 1.29 is 9.59 Å². The molecule has 3 N–H and O–H groups in total. The fourth-order valence-electron chi connectivity index (χ4n) is 2.23. The summed E-state index contributed by atoms with van der Waals surface area (Å²) in [5.74, 6) is -0.272. The van der Waals surface area contributed by atoms with E-state index in [1.807, 2.05) is 0 Å². The molecule has 116 valence electrons. The standard InChI is InChI=1S/C14H18ClN3O2.ClH/c1-16-14(20)11-5-4-10(7-12(11)15)18-13(19)9-3-2-6-17-8-9;/h4-5,7,9,17H,2-3,6,8H2,1H3,(H,16,20)(H,18,19);1H. The van der Waals surface area contributed by atoms with Gasteiger partial charge in [0, 0.05) is 19.3 Å². The Hall–Kier alpha value is -1.30. The summed E-state index contributed by atoms with van der Waals surface area (Å²) in [5, 5.41) is 8.88. The van der Waals surface area contributed by atoms with Crippen LogP contribution >= 0.6 is 24.0 Å². The average Bonchev–Trinajstić information content (AvgIpc) is 2.47. The monoisotopic (exact) mass is 331 g/mol. The van der Waals surface area contributed by atoms with Crippen molar-refractivity contribution >= 4 is 41.5 Å².